The number of ether oxygens (including phenoxy) is 3. The van der Waals surface area contributed by atoms with Gasteiger partial charge in [-0.25, -0.2) is 0 Å². The Balaban J connectivity index is 2.45. The number of nitro benzene ring substituents is 1. The lowest BCUT2D eigenvalue weighted by molar-refractivity contribution is -0.385. The van der Waals surface area contributed by atoms with Crippen LogP contribution < -0.4 is 9.47 Å². The van der Waals surface area contributed by atoms with Gasteiger partial charge >= 0.3 is 5.97 Å². The number of amides is 1. The molecule has 0 aliphatic rings. The molecule has 0 N–H and O–H groups in total. The van der Waals surface area contributed by atoms with Crippen molar-refractivity contribution < 1.29 is 28.7 Å². The van der Waals surface area contributed by atoms with Crippen molar-refractivity contribution in [1.82, 2.24) is 4.90 Å². The fraction of sp³-hybridized carbons (Fsp3) is 0.263. The molecule has 0 radical (unpaired) electrons. The van der Waals surface area contributed by atoms with E-state index in [2.05, 4.69) is 4.74 Å². The zero-order valence-corrected chi connectivity index (χ0v) is 16.8. The molecule has 2 rings (SSSR count). The highest BCUT2D eigenvalue weighted by Crippen LogP contribution is 2.27. The van der Waals surface area contributed by atoms with Gasteiger partial charge in [0.15, 0.2) is 0 Å². The molecule has 29 heavy (non-hydrogen) atoms. The van der Waals surface area contributed by atoms with Gasteiger partial charge in [0.25, 0.3) is 11.6 Å². The number of hydrogen-bond acceptors (Lipinski definition) is 7. The van der Waals surface area contributed by atoms with Crippen LogP contribution in [0.4, 0.5) is 5.69 Å². The molecular formula is C19H19ClN2O7. The van der Waals surface area contributed by atoms with Crippen LogP contribution in [0.1, 0.15) is 15.9 Å². The number of carbonyl (C=O) groups excluding carboxylic acids is 2. The third kappa shape index (κ3) is 5.58. The second-order valence-corrected chi connectivity index (χ2v) is 6.31. The minimum Gasteiger partial charge on any atom is -0.497 e. The Bertz CT molecular complexity index is 911. The average molecular weight is 423 g/mol. The van der Waals surface area contributed by atoms with Crippen LogP contribution in [0.25, 0.3) is 0 Å². The predicted octanol–water partition coefficient (Wildman–Crippen LogP) is 3.08. The van der Waals surface area contributed by atoms with E-state index >= 15 is 0 Å². The zero-order chi connectivity index (χ0) is 21.6. The summed E-state index contributed by atoms with van der Waals surface area (Å²) in [6.45, 7) is -0.448. The van der Waals surface area contributed by atoms with E-state index in [1.54, 1.807) is 18.2 Å². The third-order valence-electron chi connectivity index (χ3n) is 4.01. The molecule has 0 spiro atoms. The number of halogens is 1. The zero-order valence-electron chi connectivity index (χ0n) is 16.0. The quantitative estimate of drug-likeness (QED) is 0.365. The van der Waals surface area contributed by atoms with Gasteiger partial charge in [0, 0.05) is 23.7 Å². The molecule has 9 nitrogen and oxygen atoms in total. The van der Waals surface area contributed by atoms with Crippen LogP contribution in [0, 0.1) is 10.1 Å². The number of carbonyl (C=O) groups is 2. The van der Waals surface area contributed by atoms with Gasteiger partial charge in [-0.1, -0.05) is 11.6 Å². The lowest BCUT2D eigenvalue weighted by atomic mass is 10.1. The van der Waals surface area contributed by atoms with E-state index in [4.69, 9.17) is 21.1 Å². The highest BCUT2D eigenvalue weighted by molar-refractivity contribution is 6.31. The first-order valence-electron chi connectivity index (χ1n) is 8.31. The molecule has 0 fully saturated rings. The summed E-state index contributed by atoms with van der Waals surface area (Å²) >= 11 is 5.82. The maximum Gasteiger partial charge on any atom is 0.325 e. The van der Waals surface area contributed by atoms with E-state index in [1.165, 1.54) is 33.5 Å². The summed E-state index contributed by atoms with van der Waals surface area (Å²) in [6.07, 6.45) is 0. The first-order chi connectivity index (χ1) is 13.8. The Labute approximate surface area is 171 Å². The average Bonchev–Trinajstić information content (AvgIpc) is 2.72. The summed E-state index contributed by atoms with van der Waals surface area (Å²) in [5, 5.41) is 11.5. The van der Waals surface area contributed by atoms with E-state index in [9.17, 15) is 19.7 Å². The third-order valence-corrected chi connectivity index (χ3v) is 4.24. The van der Waals surface area contributed by atoms with Crippen molar-refractivity contribution in [3.05, 3.63) is 62.7 Å². The van der Waals surface area contributed by atoms with E-state index < -0.39 is 29.0 Å². The van der Waals surface area contributed by atoms with Crippen molar-refractivity contribution in [2.45, 2.75) is 6.54 Å². The fourth-order valence-electron chi connectivity index (χ4n) is 2.60. The summed E-state index contributed by atoms with van der Waals surface area (Å²) in [4.78, 5) is 36.7. The smallest absolute Gasteiger partial charge is 0.325 e. The summed E-state index contributed by atoms with van der Waals surface area (Å²) in [5.74, 6) is -0.421. The Hall–Kier alpha value is -3.33. The molecule has 0 unspecified atom stereocenters. The molecular weight excluding hydrogens is 404 g/mol. The van der Waals surface area contributed by atoms with Gasteiger partial charge in [-0.2, -0.15) is 0 Å². The van der Waals surface area contributed by atoms with Gasteiger partial charge in [0.2, 0.25) is 0 Å². The van der Waals surface area contributed by atoms with Crippen molar-refractivity contribution >= 4 is 29.2 Å². The monoisotopic (exact) mass is 422 g/mol. The van der Waals surface area contributed by atoms with Crippen molar-refractivity contribution in [1.29, 1.82) is 0 Å². The molecule has 154 valence electrons. The van der Waals surface area contributed by atoms with Crippen molar-refractivity contribution in [2.75, 3.05) is 27.9 Å². The number of benzene rings is 2. The van der Waals surface area contributed by atoms with Crippen LogP contribution >= 0.6 is 11.6 Å². The Morgan fingerprint density at radius 1 is 1.07 bits per heavy atom. The second-order valence-electron chi connectivity index (χ2n) is 5.88. The van der Waals surface area contributed by atoms with Crippen LogP contribution in [0.3, 0.4) is 0 Å². The van der Waals surface area contributed by atoms with E-state index in [0.29, 0.717) is 17.1 Å². The van der Waals surface area contributed by atoms with Crippen molar-refractivity contribution in [2.24, 2.45) is 0 Å². The summed E-state index contributed by atoms with van der Waals surface area (Å²) < 4.78 is 15.1. The summed E-state index contributed by atoms with van der Waals surface area (Å²) in [5.41, 5.74) is -0.0613. The van der Waals surface area contributed by atoms with Gasteiger partial charge < -0.3 is 19.1 Å². The van der Waals surface area contributed by atoms with E-state index in [1.807, 2.05) is 0 Å². The minimum absolute atomic E-state index is 0.0404. The SMILES string of the molecule is COC(=O)CN(Cc1cc(OC)cc(OC)c1)C(=O)c1ccc(Cl)cc1[N+](=O)[O-]. The first kappa shape index (κ1) is 22.0. The van der Waals surface area contributed by atoms with Crippen LogP contribution in [-0.2, 0) is 16.1 Å². The Morgan fingerprint density at radius 2 is 1.69 bits per heavy atom. The van der Waals surface area contributed by atoms with Gasteiger partial charge in [-0.3, -0.25) is 19.7 Å². The minimum atomic E-state index is -0.722. The standard InChI is InChI=1S/C19H19ClN2O7/c1-27-14-6-12(7-15(9-14)28-2)10-21(11-18(23)29-3)19(24)16-5-4-13(20)8-17(16)22(25)26/h4-9H,10-11H2,1-3H3. The molecule has 0 saturated heterocycles. The van der Waals surface area contributed by atoms with Gasteiger partial charge in [-0.15, -0.1) is 0 Å². The van der Waals surface area contributed by atoms with Gasteiger partial charge in [-0.05, 0) is 29.8 Å². The summed E-state index contributed by atoms with van der Waals surface area (Å²) in [6, 6.07) is 8.68. The molecule has 0 atom stereocenters. The molecule has 0 heterocycles. The summed E-state index contributed by atoms with van der Waals surface area (Å²) in [7, 11) is 4.14. The lowest BCUT2D eigenvalue weighted by Crippen LogP contribution is -2.36. The highest BCUT2D eigenvalue weighted by Gasteiger charge is 2.27. The lowest BCUT2D eigenvalue weighted by Gasteiger charge is -2.22. The topological polar surface area (TPSA) is 108 Å². The van der Waals surface area contributed by atoms with E-state index in [0.717, 1.165) is 11.0 Å². The number of nitro groups is 1. The second kappa shape index (κ2) is 9.74. The largest absolute Gasteiger partial charge is 0.497 e. The maximum atomic E-state index is 13.1. The van der Waals surface area contributed by atoms with Crippen molar-refractivity contribution in [3.8, 4) is 11.5 Å². The molecule has 0 bridgehead atoms. The molecule has 0 saturated carbocycles. The van der Waals surface area contributed by atoms with Crippen LogP contribution in [0.5, 0.6) is 11.5 Å². The molecule has 0 aliphatic carbocycles. The molecule has 10 heteroatoms. The Morgan fingerprint density at radius 3 is 2.21 bits per heavy atom. The van der Waals surface area contributed by atoms with Crippen LogP contribution in [0.2, 0.25) is 5.02 Å². The van der Waals surface area contributed by atoms with Crippen LogP contribution in [0.15, 0.2) is 36.4 Å². The number of nitrogens with zero attached hydrogens (tertiary/aromatic N) is 2. The normalized spacial score (nSPS) is 10.2. The molecule has 0 aliphatic heterocycles. The predicted molar refractivity (Wildman–Crippen MR) is 104 cm³/mol. The van der Waals surface area contributed by atoms with Crippen molar-refractivity contribution in [3.63, 3.8) is 0 Å². The highest BCUT2D eigenvalue weighted by atomic mass is 35.5. The number of methoxy groups -OCH3 is 3. The van der Waals surface area contributed by atoms with Gasteiger partial charge in [0.05, 0.1) is 26.3 Å². The number of hydrogen-bond donors (Lipinski definition) is 0. The molecule has 2 aromatic carbocycles. The number of rotatable bonds is 8. The first-order valence-corrected chi connectivity index (χ1v) is 8.68. The van der Waals surface area contributed by atoms with Crippen LogP contribution in [-0.4, -0.2) is 49.6 Å². The van der Waals surface area contributed by atoms with E-state index in [-0.39, 0.29) is 17.1 Å². The molecule has 0 aromatic heterocycles. The molecule has 1 amide bonds. The maximum absolute atomic E-state index is 13.1. The molecule has 2 aromatic rings. The number of esters is 1. The Kier molecular flexibility index (Phi) is 7.38. The van der Waals surface area contributed by atoms with Gasteiger partial charge in [0.1, 0.15) is 23.6 Å². The fourth-order valence-corrected chi connectivity index (χ4v) is 2.77.